The first-order valence-electron chi connectivity index (χ1n) is 7.39. The van der Waals surface area contributed by atoms with Crippen LogP contribution in [0.25, 0.3) is 12.2 Å². The SMILES string of the molecule is C1=c2cccc(OCCCc3ccccc3)c2=CCC1. The molecule has 0 bridgehead atoms. The molecule has 0 aliphatic heterocycles. The highest BCUT2D eigenvalue weighted by molar-refractivity contribution is 5.43. The lowest BCUT2D eigenvalue weighted by atomic mass is 10.1. The number of aryl methyl sites for hydroxylation is 1. The van der Waals surface area contributed by atoms with E-state index in [1.807, 2.05) is 0 Å². The minimum atomic E-state index is 0.777. The molecule has 0 heterocycles. The number of fused-ring (bicyclic) bond motifs is 1. The maximum absolute atomic E-state index is 5.97. The van der Waals surface area contributed by atoms with Crippen LogP contribution in [0.3, 0.4) is 0 Å². The maximum Gasteiger partial charge on any atom is 0.126 e. The molecule has 0 spiro atoms. The molecule has 1 nitrogen and oxygen atoms in total. The van der Waals surface area contributed by atoms with Crippen molar-refractivity contribution >= 4 is 12.2 Å². The van der Waals surface area contributed by atoms with Crippen molar-refractivity contribution in [1.29, 1.82) is 0 Å². The van der Waals surface area contributed by atoms with Gasteiger partial charge in [-0.25, -0.2) is 0 Å². The first-order valence-corrected chi connectivity index (χ1v) is 7.39. The summed E-state index contributed by atoms with van der Waals surface area (Å²) in [6.45, 7) is 0.777. The molecule has 1 heteroatoms. The summed E-state index contributed by atoms with van der Waals surface area (Å²) in [5, 5.41) is 2.59. The van der Waals surface area contributed by atoms with Crippen LogP contribution >= 0.6 is 0 Å². The van der Waals surface area contributed by atoms with Crippen LogP contribution in [0, 0.1) is 0 Å². The summed E-state index contributed by atoms with van der Waals surface area (Å²) in [5.74, 6) is 1.03. The fourth-order valence-corrected chi connectivity index (χ4v) is 2.65. The molecule has 3 rings (SSSR count). The van der Waals surface area contributed by atoms with E-state index >= 15 is 0 Å². The summed E-state index contributed by atoms with van der Waals surface area (Å²) in [7, 11) is 0. The predicted octanol–water partition coefficient (Wildman–Crippen LogP) is 3.05. The summed E-state index contributed by atoms with van der Waals surface area (Å²) < 4.78 is 5.97. The van der Waals surface area contributed by atoms with Gasteiger partial charge in [0.25, 0.3) is 0 Å². The minimum absolute atomic E-state index is 0.777. The summed E-state index contributed by atoms with van der Waals surface area (Å²) in [5.41, 5.74) is 1.38. The number of rotatable bonds is 5. The van der Waals surface area contributed by atoms with Crippen molar-refractivity contribution in [3.05, 3.63) is 64.5 Å². The third-order valence-electron chi connectivity index (χ3n) is 3.69. The lowest BCUT2D eigenvalue weighted by molar-refractivity contribution is 0.308. The Kier molecular flexibility index (Phi) is 4.17. The molecule has 0 N–H and O–H groups in total. The molecule has 2 aromatic rings. The molecule has 1 aliphatic rings. The van der Waals surface area contributed by atoms with E-state index < -0.39 is 0 Å². The quantitative estimate of drug-likeness (QED) is 0.754. The van der Waals surface area contributed by atoms with Crippen LogP contribution < -0.4 is 15.2 Å². The Morgan fingerprint density at radius 3 is 2.60 bits per heavy atom. The van der Waals surface area contributed by atoms with Gasteiger partial charge in [0.1, 0.15) is 5.75 Å². The molecular formula is C19H20O. The van der Waals surface area contributed by atoms with E-state index in [1.54, 1.807) is 0 Å². The zero-order chi connectivity index (χ0) is 13.6. The van der Waals surface area contributed by atoms with Gasteiger partial charge in [0.15, 0.2) is 0 Å². The van der Waals surface area contributed by atoms with E-state index in [0.717, 1.165) is 38.0 Å². The monoisotopic (exact) mass is 264 g/mol. The molecule has 102 valence electrons. The molecule has 2 aromatic carbocycles. The molecule has 1 aliphatic carbocycles. The maximum atomic E-state index is 5.97. The second-order valence-electron chi connectivity index (χ2n) is 5.18. The molecule has 0 fully saturated rings. The molecule has 20 heavy (non-hydrogen) atoms. The molecule has 0 unspecified atom stereocenters. The van der Waals surface area contributed by atoms with E-state index in [1.165, 1.54) is 16.0 Å². The molecule has 0 saturated heterocycles. The van der Waals surface area contributed by atoms with Gasteiger partial charge in [0.05, 0.1) is 6.61 Å². The zero-order valence-corrected chi connectivity index (χ0v) is 11.7. The Morgan fingerprint density at radius 1 is 0.850 bits per heavy atom. The topological polar surface area (TPSA) is 9.23 Å². The van der Waals surface area contributed by atoms with Crippen LogP contribution in [0.15, 0.2) is 48.5 Å². The molecule has 0 aromatic heterocycles. The van der Waals surface area contributed by atoms with Crippen LogP contribution in [0.4, 0.5) is 0 Å². The van der Waals surface area contributed by atoms with Gasteiger partial charge < -0.3 is 4.74 Å². The Morgan fingerprint density at radius 2 is 1.70 bits per heavy atom. The first kappa shape index (κ1) is 13.0. The first-order chi connectivity index (χ1) is 9.93. The van der Waals surface area contributed by atoms with Crippen molar-refractivity contribution in [3.63, 3.8) is 0 Å². The molecular weight excluding hydrogens is 244 g/mol. The molecule has 0 atom stereocenters. The van der Waals surface area contributed by atoms with Gasteiger partial charge in [-0.1, -0.05) is 54.6 Å². The van der Waals surface area contributed by atoms with Gasteiger partial charge in [-0.15, -0.1) is 0 Å². The normalized spacial score (nSPS) is 13.0. The summed E-state index contributed by atoms with van der Waals surface area (Å²) in [4.78, 5) is 0. The largest absolute Gasteiger partial charge is 0.493 e. The highest BCUT2D eigenvalue weighted by Gasteiger charge is 2.01. The average molecular weight is 264 g/mol. The Labute approximate surface area is 120 Å². The number of hydrogen-bond acceptors (Lipinski definition) is 1. The third kappa shape index (κ3) is 3.11. The molecule has 0 amide bonds. The van der Waals surface area contributed by atoms with Gasteiger partial charge in [-0.3, -0.25) is 0 Å². The van der Waals surface area contributed by atoms with Crippen molar-refractivity contribution in [2.45, 2.75) is 25.7 Å². The lowest BCUT2D eigenvalue weighted by Gasteiger charge is -2.09. The highest BCUT2D eigenvalue weighted by atomic mass is 16.5. The van der Waals surface area contributed by atoms with Gasteiger partial charge in [0, 0.05) is 5.22 Å². The minimum Gasteiger partial charge on any atom is -0.493 e. The van der Waals surface area contributed by atoms with Gasteiger partial charge >= 0.3 is 0 Å². The Bertz CT molecular complexity index is 671. The summed E-state index contributed by atoms with van der Waals surface area (Å²) in [6.07, 6.45) is 8.99. The second kappa shape index (κ2) is 6.42. The van der Waals surface area contributed by atoms with Crippen molar-refractivity contribution < 1.29 is 4.74 Å². The van der Waals surface area contributed by atoms with Crippen molar-refractivity contribution in [2.75, 3.05) is 6.61 Å². The standard InChI is InChI=1S/C19H20O/c1-2-8-16(9-3-1)10-7-15-20-19-14-6-12-17-11-4-5-13-18(17)19/h1-3,6,8-9,11-14H,4-5,7,10,15H2. The van der Waals surface area contributed by atoms with E-state index in [0.29, 0.717) is 0 Å². The summed E-state index contributed by atoms with van der Waals surface area (Å²) in [6, 6.07) is 16.9. The Hall–Kier alpha value is -2.02. The van der Waals surface area contributed by atoms with Crippen LogP contribution in [-0.2, 0) is 6.42 Å². The van der Waals surface area contributed by atoms with Crippen molar-refractivity contribution in [3.8, 4) is 5.75 Å². The van der Waals surface area contributed by atoms with E-state index in [2.05, 4.69) is 60.7 Å². The van der Waals surface area contributed by atoms with Crippen LogP contribution in [-0.4, -0.2) is 6.61 Å². The van der Waals surface area contributed by atoms with Crippen LogP contribution in [0.2, 0.25) is 0 Å². The van der Waals surface area contributed by atoms with Gasteiger partial charge in [-0.05, 0) is 42.5 Å². The number of ether oxygens (including phenoxy) is 1. The van der Waals surface area contributed by atoms with Crippen LogP contribution in [0.5, 0.6) is 5.75 Å². The zero-order valence-electron chi connectivity index (χ0n) is 11.7. The average Bonchev–Trinajstić information content (AvgIpc) is 2.53. The van der Waals surface area contributed by atoms with E-state index in [4.69, 9.17) is 4.74 Å². The van der Waals surface area contributed by atoms with Crippen molar-refractivity contribution in [1.82, 2.24) is 0 Å². The fourth-order valence-electron chi connectivity index (χ4n) is 2.65. The fraction of sp³-hybridized carbons (Fsp3) is 0.263. The smallest absolute Gasteiger partial charge is 0.126 e. The van der Waals surface area contributed by atoms with Gasteiger partial charge in [0.2, 0.25) is 0 Å². The van der Waals surface area contributed by atoms with Crippen molar-refractivity contribution in [2.24, 2.45) is 0 Å². The van der Waals surface area contributed by atoms with E-state index in [9.17, 15) is 0 Å². The van der Waals surface area contributed by atoms with E-state index in [-0.39, 0.29) is 0 Å². The van der Waals surface area contributed by atoms with Gasteiger partial charge in [-0.2, -0.15) is 0 Å². The predicted molar refractivity (Wildman–Crippen MR) is 84.1 cm³/mol. The molecule has 0 radical (unpaired) electrons. The lowest BCUT2D eigenvalue weighted by Crippen LogP contribution is -2.28. The number of benzene rings is 2. The third-order valence-corrected chi connectivity index (χ3v) is 3.69. The number of hydrogen-bond donors (Lipinski definition) is 0. The molecule has 0 saturated carbocycles. The Balaban J connectivity index is 1.60. The van der Waals surface area contributed by atoms with Crippen LogP contribution in [0.1, 0.15) is 24.8 Å². The summed E-state index contributed by atoms with van der Waals surface area (Å²) >= 11 is 0. The highest BCUT2D eigenvalue weighted by Crippen LogP contribution is 2.07. The second-order valence-corrected chi connectivity index (χ2v) is 5.18.